The molecule has 2 heterocycles. The number of benzene rings is 2. The molecule has 23 heavy (non-hydrogen) atoms. The number of halogens is 1. The lowest BCUT2D eigenvalue weighted by Crippen LogP contribution is -2.55. The van der Waals surface area contributed by atoms with Crippen LogP contribution in [0.5, 0.6) is 0 Å². The molecule has 4 rings (SSSR count). The molecule has 1 atom stereocenters. The van der Waals surface area contributed by atoms with Crippen molar-refractivity contribution in [2.45, 2.75) is 12.0 Å². The Hall–Kier alpha value is -2.40. The second-order valence-electron chi connectivity index (χ2n) is 5.66. The summed E-state index contributed by atoms with van der Waals surface area (Å²) in [6.45, 7) is 0. The van der Waals surface area contributed by atoms with Crippen molar-refractivity contribution in [1.29, 1.82) is 0 Å². The van der Waals surface area contributed by atoms with Crippen LogP contribution in [0.25, 0.3) is 11.4 Å². The Balaban J connectivity index is 2.07. The Morgan fingerprint density at radius 2 is 1.91 bits per heavy atom. The fourth-order valence-electron chi connectivity index (χ4n) is 3.56. The van der Waals surface area contributed by atoms with Gasteiger partial charge in [0.1, 0.15) is 12.4 Å². The number of carboxylic acids is 1. The second-order valence-corrected chi connectivity index (χ2v) is 6.58. The molecule has 0 saturated heterocycles. The highest BCUT2D eigenvalue weighted by Gasteiger charge is 2.51. The van der Waals surface area contributed by atoms with Gasteiger partial charge in [0.2, 0.25) is 0 Å². The fraction of sp³-hybridized carbons (Fsp3) is 0.111. The van der Waals surface area contributed by atoms with E-state index in [1.807, 2.05) is 65.5 Å². The topological polar surface area (TPSA) is 57.0 Å². The minimum atomic E-state index is -0.829. The predicted molar refractivity (Wildman–Crippen MR) is 89.0 cm³/mol. The number of aromatic amines is 1. The lowest BCUT2D eigenvalue weighted by Gasteiger charge is -2.27. The molecule has 114 valence electrons. The number of hydrogen-bond acceptors (Lipinski definition) is 1. The molecule has 0 saturated carbocycles. The minimum absolute atomic E-state index is 0.0127. The molecule has 0 amide bonds. The van der Waals surface area contributed by atoms with E-state index >= 15 is 0 Å². The number of hydrogen-bond donors (Lipinski definition) is 2. The van der Waals surface area contributed by atoms with Crippen LogP contribution in [0.2, 0.25) is 0 Å². The lowest BCUT2D eigenvalue weighted by atomic mass is 9.80. The van der Waals surface area contributed by atoms with Crippen LogP contribution in [-0.4, -0.2) is 16.1 Å². The first-order valence-electron chi connectivity index (χ1n) is 7.30. The smallest absolute Gasteiger partial charge is 0.308 e. The zero-order chi connectivity index (χ0) is 16.0. The average Bonchev–Trinajstić information content (AvgIpc) is 3.11. The monoisotopic (exact) mass is 369 g/mol. The van der Waals surface area contributed by atoms with Crippen molar-refractivity contribution in [3.63, 3.8) is 0 Å². The van der Waals surface area contributed by atoms with E-state index < -0.39 is 11.5 Å². The molecule has 4 nitrogen and oxygen atoms in total. The highest BCUT2D eigenvalue weighted by atomic mass is 79.9. The molecule has 2 aromatic carbocycles. The van der Waals surface area contributed by atoms with Gasteiger partial charge in [0.25, 0.3) is 5.82 Å². The third-order valence-corrected chi connectivity index (χ3v) is 4.98. The third kappa shape index (κ3) is 1.96. The quantitative estimate of drug-likeness (QED) is 0.695. The summed E-state index contributed by atoms with van der Waals surface area (Å²) in [7, 11) is 0. The van der Waals surface area contributed by atoms with E-state index in [0.29, 0.717) is 0 Å². The van der Waals surface area contributed by atoms with Gasteiger partial charge in [0.15, 0.2) is 5.54 Å². The normalized spacial score (nSPS) is 18.5. The number of nitrogens with zero attached hydrogens (tertiary/aromatic N) is 1. The first kappa shape index (κ1) is 14.2. The highest BCUT2D eigenvalue weighted by molar-refractivity contribution is 9.10. The van der Waals surface area contributed by atoms with Crippen LogP contribution in [-0.2, 0) is 10.3 Å². The number of H-pyrrole nitrogens is 1. The summed E-state index contributed by atoms with van der Waals surface area (Å²) in [5, 5.41) is 9.61. The number of aliphatic carboxylic acids is 1. The number of carboxylic acid groups (broad SMARTS) is 1. The van der Waals surface area contributed by atoms with Crippen molar-refractivity contribution in [2.75, 3.05) is 0 Å². The molecular formula is C18H14BrN2O2+. The molecule has 1 aliphatic heterocycles. The molecule has 0 bridgehead atoms. The van der Waals surface area contributed by atoms with E-state index in [4.69, 9.17) is 0 Å². The van der Waals surface area contributed by atoms with Crippen molar-refractivity contribution < 1.29 is 14.5 Å². The van der Waals surface area contributed by atoms with Crippen molar-refractivity contribution >= 4 is 21.9 Å². The summed E-state index contributed by atoms with van der Waals surface area (Å²) >= 11 is 3.45. The van der Waals surface area contributed by atoms with Crippen molar-refractivity contribution in [1.82, 2.24) is 4.98 Å². The van der Waals surface area contributed by atoms with E-state index in [1.54, 1.807) is 0 Å². The maximum atomic E-state index is 11.7. The van der Waals surface area contributed by atoms with Crippen LogP contribution in [0.15, 0.2) is 65.4 Å². The summed E-state index contributed by atoms with van der Waals surface area (Å²) < 4.78 is 3.01. The van der Waals surface area contributed by atoms with Gasteiger partial charge in [-0.05, 0) is 18.2 Å². The lowest BCUT2D eigenvalue weighted by molar-refractivity contribution is -0.726. The molecule has 0 fully saturated rings. The van der Waals surface area contributed by atoms with E-state index in [1.165, 1.54) is 0 Å². The maximum Gasteiger partial charge on any atom is 0.308 e. The second kappa shape index (κ2) is 5.06. The van der Waals surface area contributed by atoms with Crippen molar-refractivity contribution in [3.8, 4) is 11.4 Å². The Kier molecular flexibility index (Phi) is 3.13. The minimum Gasteiger partial charge on any atom is -0.481 e. The van der Waals surface area contributed by atoms with Crippen LogP contribution in [0.4, 0.5) is 0 Å². The van der Waals surface area contributed by atoms with Gasteiger partial charge < -0.3 is 5.11 Å². The first-order chi connectivity index (χ1) is 11.1. The zero-order valence-corrected chi connectivity index (χ0v) is 13.7. The molecule has 1 aromatic heterocycles. The van der Waals surface area contributed by atoms with Crippen LogP contribution in [0.1, 0.15) is 17.5 Å². The third-order valence-electron chi connectivity index (χ3n) is 4.45. The maximum absolute atomic E-state index is 11.7. The predicted octanol–water partition coefficient (Wildman–Crippen LogP) is 3.31. The van der Waals surface area contributed by atoms with E-state index in [-0.39, 0.29) is 6.42 Å². The van der Waals surface area contributed by atoms with Crippen LogP contribution >= 0.6 is 15.9 Å². The molecule has 0 aliphatic carbocycles. The summed E-state index contributed by atoms with van der Waals surface area (Å²) in [4.78, 5) is 15.0. The fourth-order valence-corrected chi connectivity index (χ4v) is 3.83. The molecule has 3 aromatic rings. The van der Waals surface area contributed by atoms with Gasteiger partial charge >= 0.3 is 5.97 Å². The van der Waals surface area contributed by atoms with Gasteiger partial charge in [-0.15, -0.1) is 0 Å². The van der Waals surface area contributed by atoms with Crippen molar-refractivity contribution in [3.05, 3.63) is 76.5 Å². The highest BCUT2D eigenvalue weighted by Crippen LogP contribution is 2.43. The Morgan fingerprint density at radius 3 is 2.65 bits per heavy atom. The van der Waals surface area contributed by atoms with E-state index in [9.17, 15) is 9.90 Å². The van der Waals surface area contributed by atoms with E-state index in [0.717, 1.165) is 27.0 Å². The Bertz CT molecular complexity index is 901. The molecule has 2 N–H and O–H groups in total. The van der Waals surface area contributed by atoms with Crippen LogP contribution < -0.4 is 4.57 Å². The number of imidazole rings is 1. The first-order valence-corrected chi connectivity index (χ1v) is 8.09. The van der Waals surface area contributed by atoms with Gasteiger partial charge in [0, 0.05) is 15.6 Å². The van der Waals surface area contributed by atoms with Gasteiger partial charge in [-0.25, -0.2) is 9.55 Å². The summed E-state index contributed by atoms with van der Waals surface area (Å²) in [5.41, 5.74) is 2.27. The summed E-state index contributed by atoms with van der Waals surface area (Å²) in [6.07, 6.45) is 3.75. The van der Waals surface area contributed by atoms with Crippen LogP contribution in [0.3, 0.4) is 0 Å². The molecule has 1 aliphatic rings. The summed E-state index contributed by atoms with van der Waals surface area (Å²) in [6, 6.07) is 15.8. The molecule has 5 heteroatoms. The standard InChI is InChI=1S/C18H13BrN2O2/c19-13-7-5-12(6-8-13)18(11-16(22)23)15-4-2-1-3-14(15)17-20-9-10-21(17)18/h1-10H,11H2,(H,22,23)/p+1. The van der Waals surface area contributed by atoms with Gasteiger partial charge in [-0.3, -0.25) is 4.79 Å². The average molecular weight is 370 g/mol. The number of fused-ring (bicyclic) bond motifs is 3. The number of aromatic nitrogens is 2. The molecule has 0 spiro atoms. The SMILES string of the molecule is O=C(O)CC1(c2ccc(Br)cc2)c2ccccc2-c2[nH]cc[n+]21. The Morgan fingerprint density at radius 1 is 1.17 bits per heavy atom. The molecular weight excluding hydrogens is 356 g/mol. The van der Waals surface area contributed by atoms with Crippen molar-refractivity contribution in [2.24, 2.45) is 0 Å². The molecule has 0 radical (unpaired) electrons. The number of carbonyl (C=O) groups is 1. The largest absolute Gasteiger partial charge is 0.481 e. The van der Waals surface area contributed by atoms with Crippen LogP contribution in [0, 0.1) is 0 Å². The summed E-state index contributed by atoms with van der Waals surface area (Å²) in [5.74, 6) is 0.106. The van der Waals surface area contributed by atoms with E-state index in [2.05, 4.69) is 20.9 Å². The van der Waals surface area contributed by atoms with Gasteiger partial charge in [-0.1, -0.05) is 46.3 Å². The zero-order valence-electron chi connectivity index (χ0n) is 12.2. The number of nitrogens with one attached hydrogen (secondary N) is 1. The number of rotatable bonds is 3. The Labute approximate surface area is 141 Å². The van der Waals surface area contributed by atoms with Gasteiger partial charge in [0.05, 0.1) is 12.0 Å². The van der Waals surface area contributed by atoms with Gasteiger partial charge in [-0.2, -0.15) is 0 Å². The molecule has 1 unspecified atom stereocenters.